The number of nitriles is 1. The van der Waals surface area contributed by atoms with E-state index in [1.54, 1.807) is 6.08 Å². The van der Waals surface area contributed by atoms with Gasteiger partial charge in [0.1, 0.15) is 0 Å². The summed E-state index contributed by atoms with van der Waals surface area (Å²) in [5, 5.41) is 10.4. The second kappa shape index (κ2) is 8.00. The Morgan fingerprint density at radius 2 is 1.66 bits per heavy atom. The number of nitrogens with zero attached hydrogens (tertiary/aromatic N) is 1. The van der Waals surface area contributed by atoms with Crippen LogP contribution < -0.4 is 0 Å². The van der Waals surface area contributed by atoms with Gasteiger partial charge in [0.25, 0.3) is 0 Å². The lowest BCUT2D eigenvalue weighted by molar-refractivity contribution is -0.116. The van der Waals surface area contributed by atoms with Gasteiger partial charge in [-0.05, 0) is 61.1 Å². The maximum absolute atomic E-state index is 13.5. The van der Waals surface area contributed by atoms with Crippen LogP contribution in [0.25, 0.3) is 0 Å². The summed E-state index contributed by atoms with van der Waals surface area (Å²) < 4.78 is 13.5. The van der Waals surface area contributed by atoms with E-state index in [9.17, 15) is 14.3 Å². The van der Waals surface area contributed by atoms with Gasteiger partial charge in [-0.3, -0.25) is 4.79 Å². The zero-order valence-corrected chi connectivity index (χ0v) is 18.6. The Hall–Kier alpha value is -3.29. The van der Waals surface area contributed by atoms with E-state index in [2.05, 4.69) is 6.07 Å². The first-order valence-electron chi connectivity index (χ1n) is 10.8. The topological polar surface area (TPSA) is 57.9 Å². The molecule has 4 atom stereocenters. The average Bonchev–Trinajstić information content (AvgIpc) is 3.33. The Labute approximate surface area is 190 Å². The molecule has 0 unspecified atom stereocenters. The first-order chi connectivity index (χ1) is 15.5. The number of carbonyl (C=O) groups excluding carboxylic acids is 1. The standard InChI is InChI=1S/C28H23NO2S/c1-19-11-13-22(14-12-19)32(31)26-10-6-5-9-24(26)28(18-29)16-21-15-25(30)27(23(21)17-28)20-7-3-2-4-8-20/h2-15,23,27H,16-17H2,1H3/t23-,27+,28+,32-/m0/s1. The molecule has 2 aliphatic carbocycles. The van der Waals surface area contributed by atoms with Crippen molar-refractivity contribution >= 4 is 16.6 Å². The molecule has 0 N–H and O–H groups in total. The maximum Gasteiger partial charge on any atom is 0.163 e. The summed E-state index contributed by atoms with van der Waals surface area (Å²) in [5.41, 5.74) is 3.18. The van der Waals surface area contributed by atoms with E-state index in [1.807, 2.05) is 85.8 Å². The third kappa shape index (κ3) is 3.34. The molecule has 0 saturated heterocycles. The van der Waals surface area contributed by atoms with Gasteiger partial charge in [-0.2, -0.15) is 5.26 Å². The van der Waals surface area contributed by atoms with Gasteiger partial charge in [0.2, 0.25) is 0 Å². The van der Waals surface area contributed by atoms with Gasteiger partial charge in [-0.15, -0.1) is 0 Å². The van der Waals surface area contributed by atoms with Crippen LogP contribution in [0.3, 0.4) is 0 Å². The smallest absolute Gasteiger partial charge is 0.163 e. The lowest BCUT2D eigenvalue weighted by Gasteiger charge is -2.26. The lowest BCUT2D eigenvalue weighted by atomic mass is 9.76. The molecule has 32 heavy (non-hydrogen) atoms. The molecule has 5 rings (SSSR count). The van der Waals surface area contributed by atoms with Crippen molar-refractivity contribution in [1.82, 2.24) is 0 Å². The van der Waals surface area contributed by atoms with Gasteiger partial charge in [0.15, 0.2) is 5.78 Å². The predicted molar refractivity (Wildman–Crippen MR) is 125 cm³/mol. The van der Waals surface area contributed by atoms with Crippen LogP contribution in [0.1, 0.15) is 35.4 Å². The highest BCUT2D eigenvalue weighted by atomic mass is 32.2. The largest absolute Gasteiger partial charge is 0.294 e. The second-order valence-corrected chi connectivity index (χ2v) is 10.2. The molecule has 3 nitrogen and oxygen atoms in total. The number of fused-ring (bicyclic) bond motifs is 1. The minimum Gasteiger partial charge on any atom is -0.294 e. The Balaban J connectivity index is 1.55. The van der Waals surface area contributed by atoms with Gasteiger partial charge in [-0.25, -0.2) is 4.21 Å². The van der Waals surface area contributed by atoms with Crippen molar-refractivity contribution in [1.29, 1.82) is 5.26 Å². The number of hydrogen-bond donors (Lipinski definition) is 0. The summed E-state index contributed by atoms with van der Waals surface area (Å²) in [7, 11) is -1.39. The van der Waals surface area contributed by atoms with Crippen LogP contribution in [0, 0.1) is 24.2 Å². The lowest BCUT2D eigenvalue weighted by Crippen LogP contribution is -2.25. The SMILES string of the molecule is Cc1ccc([S@](=O)c2ccccc2[C@]2(C#N)CC3=CC(=O)[C@H](c4ccccc4)[C@H]3C2)cc1. The third-order valence-electron chi connectivity index (χ3n) is 6.80. The molecule has 0 radical (unpaired) electrons. The molecule has 0 aliphatic heterocycles. The van der Waals surface area contributed by atoms with Gasteiger partial charge in [0.05, 0.1) is 28.2 Å². The van der Waals surface area contributed by atoms with Crippen LogP contribution in [0.15, 0.2) is 100 Å². The van der Waals surface area contributed by atoms with Gasteiger partial charge in [0, 0.05) is 9.79 Å². The summed E-state index contributed by atoms with van der Waals surface area (Å²) in [5.74, 6) is -0.110. The van der Waals surface area contributed by atoms with Crippen molar-refractivity contribution in [2.24, 2.45) is 5.92 Å². The van der Waals surface area contributed by atoms with Crippen LogP contribution in [0.4, 0.5) is 0 Å². The highest BCUT2D eigenvalue weighted by molar-refractivity contribution is 7.85. The average molecular weight is 438 g/mol. The first kappa shape index (κ1) is 20.6. The Morgan fingerprint density at radius 1 is 0.969 bits per heavy atom. The highest BCUT2D eigenvalue weighted by Gasteiger charge is 2.52. The summed E-state index contributed by atoms with van der Waals surface area (Å²) in [6.07, 6.45) is 2.81. The van der Waals surface area contributed by atoms with Crippen molar-refractivity contribution in [2.75, 3.05) is 0 Å². The number of hydrogen-bond acceptors (Lipinski definition) is 3. The minimum atomic E-state index is -1.39. The number of benzene rings is 3. The molecule has 1 saturated carbocycles. The highest BCUT2D eigenvalue weighted by Crippen LogP contribution is 2.55. The van der Waals surface area contributed by atoms with E-state index in [-0.39, 0.29) is 17.6 Å². The number of allylic oxidation sites excluding steroid dienone is 2. The molecule has 3 aromatic rings. The normalized spacial score (nSPS) is 25.1. The summed E-state index contributed by atoms with van der Waals surface area (Å²) >= 11 is 0. The zero-order chi connectivity index (χ0) is 22.3. The predicted octanol–water partition coefficient (Wildman–Crippen LogP) is 5.63. The zero-order valence-electron chi connectivity index (χ0n) is 17.8. The fraction of sp³-hybridized carbons (Fsp3) is 0.214. The van der Waals surface area contributed by atoms with Crippen molar-refractivity contribution in [3.8, 4) is 6.07 Å². The molecule has 4 heteroatoms. The van der Waals surface area contributed by atoms with Crippen LogP contribution >= 0.6 is 0 Å². The van der Waals surface area contributed by atoms with Gasteiger partial charge >= 0.3 is 0 Å². The van der Waals surface area contributed by atoms with Gasteiger partial charge in [-0.1, -0.05) is 71.8 Å². The van der Waals surface area contributed by atoms with E-state index in [1.165, 1.54) is 0 Å². The van der Waals surface area contributed by atoms with Crippen molar-refractivity contribution in [2.45, 2.75) is 40.9 Å². The molecule has 0 aromatic heterocycles. The number of rotatable bonds is 4. The van der Waals surface area contributed by atoms with Crippen LogP contribution in [0.2, 0.25) is 0 Å². The van der Waals surface area contributed by atoms with E-state index >= 15 is 0 Å². The van der Waals surface area contributed by atoms with E-state index < -0.39 is 16.2 Å². The third-order valence-corrected chi connectivity index (χ3v) is 8.25. The molecule has 0 bridgehead atoms. The van der Waals surface area contributed by atoms with E-state index in [0.29, 0.717) is 17.7 Å². The fourth-order valence-corrected chi connectivity index (χ4v) is 6.54. The minimum absolute atomic E-state index is 0.00502. The van der Waals surface area contributed by atoms with Crippen molar-refractivity contribution in [3.63, 3.8) is 0 Å². The van der Waals surface area contributed by atoms with Crippen molar-refractivity contribution in [3.05, 3.63) is 107 Å². The molecule has 158 valence electrons. The molecular formula is C28H23NO2S. The fourth-order valence-electron chi connectivity index (χ4n) is 5.24. The molecular weight excluding hydrogens is 414 g/mol. The Kier molecular flexibility index (Phi) is 5.15. The molecule has 3 aromatic carbocycles. The van der Waals surface area contributed by atoms with Gasteiger partial charge < -0.3 is 0 Å². The second-order valence-electron chi connectivity index (χ2n) is 8.77. The molecule has 1 fully saturated rings. The Bertz CT molecular complexity index is 1290. The molecule has 0 heterocycles. The molecule has 2 aliphatic rings. The Morgan fingerprint density at radius 3 is 2.38 bits per heavy atom. The van der Waals surface area contributed by atoms with Crippen LogP contribution in [-0.4, -0.2) is 9.99 Å². The quantitative estimate of drug-likeness (QED) is 0.532. The first-order valence-corrected chi connectivity index (χ1v) is 12.0. The van der Waals surface area contributed by atoms with E-state index in [4.69, 9.17) is 0 Å². The summed E-state index contributed by atoms with van der Waals surface area (Å²) in [6.45, 7) is 2.00. The monoisotopic (exact) mass is 437 g/mol. The van der Waals surface area contributed by atoms with Crippen LogP contribution in [-0.2, 0) is 21.0 Å². The molecule has 0 spiro atoms. The number of carbonyl (C=O) groups is 1. The summed E-state index contributed by atoms with van der Waals surface area (Å²) in [6, 6.07) is 27.7. The maximum atomic E-state index is 13.5. The molecule has 0 amide bonds. The number of aryl methyl sites for hydroxylation is 1. The summed E-state index contributed by atoms with van der Waals surface area (Å²) in [4.78, 5) is 14.2. The van der Waals surface area contributed by atoms with Crippen molar-refractivity contribution < 1.29 is 9.00 Å². The van der Waals surface area contributed by atoms with Crippen LogP contribution in [0.5, 0.6) is 0 Å². The van der Waals surface area contributed by atoms with E-state index in [0.717, 1.165) is 27.2 Å². The number of ketones is 1.